The van der Waals surface area contributed by atoms with Gasteiger partial charge in [0.2, 0.25) is 10.0 Å². The highest BCUT2D eigenvalue weighted by Gasteiger charge is 2.49. The van der Waals surface area contributed by atoms with Gasteiger partial charge in [0.05, 0.1) is 5.25 Å². The third kappa shape index (κ3) is 3.71. The van der Waals surface area contributed by atoms with Crippen LogP contribution in [0.5, 0.6) is 0 Å². The van der Waals surface area contributed by atoms with Gasteiger partial charge in [0.1, 0.15) is 0 Å². The Morgan fingerprint density at radius 2 is 1.94 bits per heavy atom. The Balaban J connectivity index is 1.56. The van der Waals surface area contributed by atoms with Crippen molar-refractivity contribution in [1.82, 2.24) is 4.98 Å². The summed E-state index contributed by atoms with van der Waals surface area (Å²) < 4.78 is 24.4. The van der Waals surface area contributed by atoms with E-state index in [0.29, 0.717) is 18.8 Å². The Labute approximate surface area is 188 Å². The van der Waals surface area contributed by atoms with Gasteiger partial charge in [0.15, 0.2) is 0 Å². The lowest BCUT2D eigenvalue weighted by Crippen LogP contribution is -2.32. The Morgan fingerprint density at radius 3 is 2.68 bits per heavy atom. The molecule has 1 aliphatic heterocycles. The van der Waals surface area contributed by atoms with Gasteiger partial charge in [0.25, 0.3) is 0 Å². The summed E-state index contributed by atoms with van der Waals surface area (Å²) in [5, 5.41) is 5.10. The van der Waals surface area contributed by atoms with Crippen LogP contribution >= 0.6 is 11.8 Å². The number of aromatic nitrogens is 1. The summed E-state index contributed by atoms with van der Waals surface area (Å²) in [7, 11) is -3.56. The van der Waals surface area contributed by atoms with Gasteiger partial charge in [-0.2, -0.15) is 0 Å². The van der Waals surface area contributed by atoms with Crippen LogP contribution in [-0.4, -0.2) is 18.7 Å². The quantitative estimate of drug-likeness (QED) is 0.606. The van der Waals surface area contributed by atoms with Crippen LogP contribution in [0.3, 0.4) is 0 Å². The third-order valence-electron chi connectivity index (χ3n) is 6.91. The van der Waals surface area contributed by atoms with Gasteiger partial charge in [-0.05, 0) is 72.1 Å². The number of benzene rings is 2. The maximum atomic E-state index is 12.2. The van der Waals surface area contributed by atoms with Gasteiger partial charge in [-0.25, -0.2) is 13.6 Å². The van der Waals surface area contributed by atoms with Crippen LogP contribution in [0.4, 0.5) is 0 Å². The van der Waals surface area contributed by atoms with Gasteiger partial charge in [-0.15, -0.1) is 0 Å². The molecular formula is C25H26N2O2S2. The zero-order valence-electron chi connectivity index (χ0n) is 17.5. The molecule has 4 nitrogen and oxygen atoms in total. The van der Waals surface area contributed by atoms with Crippen molar-refractivity contribution in [3.8, 4) is 0 Å². The molecule has 1 spiro atoms. The van der Waals surface area contributed by atoms with Crippen molar-refractivity contribution < 1.29 is 8.42 Å². The molecule has 3 aromatic rings. The fourth-order valence-electron chi connectivity index (χ4n) is 5.29. The Morgan fingerprint density at radius 1 is 1.13 bits per heavy atom. The number of rotatable bonds is 4. The number of pyridine rings is 1. The first-order valence-corrected chi connectivity index (χ1v) is 13.1. The van der Waals surface area contributed by atoms with Crippen LogP contribution in [0, 0.1) is 0 Å². The zero-order valence-corrected chi connectivity index (χ0v) is 19.1. The monoisotopic (exact) mass is 450 g/mol. The predicted octanol–water partition coefficient (Wildman–Crippen LogP) is 5.02. The third-order valence-corrected chi connectivity index (χ3v) is 9.39. The van der Waals surface area contributed by atoms with Crippen molar-refractivity contribution >= 4 is 21.8 Å². The van der Waals surface area contributed by atoms with Gasteiger partial charge in [-0.1, -0.05) is 55.1 Å². The van der Waals surface area contributed by atoms with E-state index in [4.69, 9.17) is 5.14 Å². The first-order chi connectivity index (χ1) is 14.9. The highest BCUT2D eigenvalue weighted by Crippen LogP contribution is 2.57. The summed E-state index contributed by atoms with van der Waals surface area (Å²) in [4.78, 5) is 6.71. The fourth-order valence-corrected chi connectivity index (χ4v) is 7.51. The summed E-state index contributed by atoms with van der Waals surface area (Å²) >= 11 is 1.79. The maximum absolute atomic E-state index is 12.2. The lowest BCUT2D eigenvalue weighted by molar-refractivity contribution is 0.507. The summed E-state index contributed by atoms with van der Waals surface area (Å²) in [5.74, 6) is 0.354. The number of nitrogens with zero attached hydrogens (tertiary/aromatic N) is 1. The number of hydrogen-bond donors (Lipinski definition) is 1. The highest BCUT2D eigenvalue weighted by molar-refractivity contribution is 7.99. The molecule has 3 unspecified atom stereocenters. The van der Waals surface area contributed by atoms with Gasteiger partial charge < -0.3 is 0 Å². The van der Waals surface area contributed by atoms with E-state index < -0.39 is 15.3 Å². The van der Waals surface area contributed by atoms with Gasteiger partial charge in [-0.3, -0.25) is 4.98 Å². The second-order valence-corrected chi connectivity index (χ2v) is 11.8. The van der Waals surface area contributed by atoms with Crippen LogP contribution in [0.2, 0.25) is 0 Å². The minimum absolute atomic E-state index is 0.290. The molecule has 3 atom stereocenters. The second kappa shape index (κ2) is 7.76. The molecule has 1 aromatic heterocycles. The summed E-state index contributed by atoms with van der Waals surface area (Å²) in [6.45, 7) is 2.23. The predicted molar refractivity (Wildman–Crippen MR) is 125 cm³/mol. The van der Waals surface area contributed by atoms with E-state index in [0.717, 1.165) is 12.8 Å². The lowest BCUT2D eigenvalue weighted by Gasteiger charge is -2.38. The van der Waals surface area contributed by atoms with Crippen molar-refractivity contribution in [3.63, 3.8) is 0 Å². The molecule has 0 radical (unpaired) electrons. The molecule has 2 heterocycles. The van der Waals surface area contributed by atoms with E-state index >= 15 is 0 Å². The van der Waals surface area contributed by atoms with Crippen molar-refractivity contribution in [2.45, 2.75) is 59.0 Å². The van der Waals surface area contributed by atoms with Gasteiger partial charge in [0, 0.05) is 27.6 Å². The van der Waals surface area contributed by atoms with E-state index in [-0.39, 0.29) is 5.41 Å². The zero-order chi connectivity index (χ0) is 21.6. The number of sulfonamides is 1. The molecule has 160 valence electrons. The van der Waals surface area contributed by atoms with Crippen LogP contribution < -0.4 is 5.14 Å². The number of hydrogen-bond acceptors (Lipinski definition) is 4. The highest BCUT2D eigenvalue weighted by atomic mass is 32.2. The van der Waals surface area contributed by atoms with Crippen molar-refractivity contribution in [2.24, 2.45) is 5.14 Å². The summed E-state index contributed by atoms with van der Waals surface area (Å²) in [6, 6.07) is 19.3. The molecule has 0 amide bonds. The number of nitrogens with two attached hydrogens (primary N) is 1. The molecule has 1 fully saturated rings. The molecular weight excluding hydrogens is 424 g/mol. The molecule has 2 N–H and O–H groups in total. The minimum atomic E-state index is -3.56. The first kappa shape index (κ1) is 20.7. The molecule has 1 saturated carbocycles. The topological polar surface area (TPSA) is 73.1 Å². The molecule has 6 heteroatoms. The van der Waals surface area contributed by atoms with Crippen molar-refractivity contribution in [1.29, 1.82) is 0 Å². The first-order valence-electron chi connectivity index (χ1n) is 10.7. The largest absolute Gasteiger partial charge is 0.264 e. The van der Waals surface area contributed by atoms with Crippen molar-refractivity contribution in [2.75, 3.05) is 0 Å². The van der Waals surface area contributed by atoms with Crippen LogP contribution in [0.1, 0.15) is 54.4 Å². The Bertz CT molecular complexity index is 1230. The minimum Gasteiger partial charge on any atom is -0.264 e. The summed E-state index contributed by atoms with van der Waals surface area (Å²) in [6.07, 6.45) is 6.62. The maximum Gasteiger partial charge on any atom is 0.212 e. The molecule has 0 saturated heterocycles. The smallest absolute Gasteiger partial charge is 0.212 e. The van der Waals surface area contributed by atoms with E-state index in [2.05, 4.69) is 60.4 Å². The van der Waals surface area contributed by atoms with E-state index in [1.807, 2.05) is 12.3 Å². The summed E-state index contributed by atoms with van der Waals surface area (Å²) in [5.41, 5.74) is 4.72. The van der Waals surface area contributed by atoms with Crippen molar-refractivity contribution in [3.05, 3.63) is 89.2 Å². The van der Waals surface area contributed by atoms with E-state index in [9.17, 15) is 8.42 Å². The van der Waals surface area contributed by atoms with E-state index in [1.165, 1.54) is 32.0 Å². The molecule has 31 heavy (non-hydrogen) atoms. The standard InChI is InChI=1S/C25H26N2O2S2/c1-17(19-5-4-12-27-16-19)13-18-8-9-24-22(14-18)25(11-10-20(15-25)31(26,28)29)21-6-2-3-7-23(21)30-24/h2-9,12,14,16-17,20H,10-11,13,15H2,1H3,(H2,26,28,29). The van der Waals surface area contributed by atoms with Gasteiger partial charge >= 0.3 is 0 Å². The average Bonchev–Trinajstić information content (AvgIpc) is 3.22. The Hall–Kier alpha value is -2.15. The lowest BCUT2D eigenvalue weighted by atomic mass is 9.72. The normalized spacial score (nSPS) is 23.4. The second-order valence-electron chi connectivity index (χ2n) is 8.86. The Kier molecular flexibility index (Phi) is 5.19. The van der Waals surface area contributed by atoms with Crippen LogP contribution in [0.25, 0.3) is 0 Å². The van der Waals surface area contributed by atoms with Crippen LogP contribution in [0.15, 0.2) is 76.8 Å². The number of fused-ring (bicyclic) bond motifs is 4. The van der Waals surface area contributed by atoms with E-state index in [1.54, 1.807) is 18.0 Å². The molecule has 0 bridgehead atoms. The fraction of sp³-hybridized carbons (Fsp3) is 0.320. The number of primary sulfonamides is 1. The molecule has 2 aliphatic rings. The SMILES string of the molecule is CC(Cc1ccc2c(c1)C1(CCC(S(N)(=O)=O)C1)c1ccccc1S2)c1cccnc1. The average molecular weight is 451 g/mol. The molecule has 1 aliphatic carbocycles. The molecule has 2 aromatic carbocycles. The van der Waals surface area contributed by atoms with Crippen LogP contribution in [-0.2, 0) is 21.9 Å². The molecule has 5 rings (SSSR count).